The molecule has 78 heavy (non-hydrogen) atoms. The molecule has 1 aliphatic heterocycles. The molecule has 5 aromatic rings. The number of primary amides is 1. The summed E-state index contributed by atoms with van der Waals surface area (Å²) in [5.74, 6) is -6.86. The Morgan fingerprint density at radius 3 is 1.96 bits per heavy atom. The minimum absolute atomic E-state index is 0.0295. The summed E-state index contributed by atoms with van der Waals surface area (Å²) in [6.45, 7) is 3.70. The number of hydrogen-bond acceptors (Lipinski definition) is 13. The van der Waals surface area contributed by atoms with Crippen molar-refractivity contribution in [3.8, 4) is 0 Å². The lowest BCUT2D eigenvalue weighted by Gasteiger charge is -2.29. The molecule has 416 valence electrons. The highest BCUT2D eigenvalue weighted by Gasteiger charge is 2.36. The molecule has 0 radical (unpaired) electrons. The number of fused-ring (bicyclic) bond motifs is 1. The van der Waals surface area contributed by atoms with Crippen LogP contribution >= 0.6 is 53.4 Å². The molecule has 3 heterocycles. The van der Waals surface area contributed by atoms with Crippen LogP contribution in [0.15, 0.2) is 112 Å². The number of rotatable bonds is 18. The number of nitrogens with zero attached hydrogens (tertiary/aromatic N) is 1. The van der Waals surface area contributed by atoms with E-state index in [9.17, 15) is 38.4 Å². The van der Waals surface area contributed by atoms with Gasteiger partial charge in [-0.15, -0.1) is 0 Å². The van der Waals surface area contributed by atoms with Gasteiger partial charge in [-0.05, 0) is 96.8 Å². The van der Waals surface area contributed by atoms with Crippen LogP contribution in [-0.4, -0.2) is 124 Å². The lowest BCUT2D eigenvalue weighted by Crippen LogP contribution is -2.61. The lowest BCUT2D eigenvalue weighted by atomic mass is 10.00. The Bertz CT molecular complexity index is 2870. The molecule has 0 aliphatic carbocycles. The van der Waals surface area contributed by atoms with E-state index in [4.69, 9.17) is 17.2 Å². The Balaban J connectivity index is 1.38. The van der Waals surface area contributed by atoms with E-state index in [0.29, 0.717) is 36.1 Å². The number of aromatic nitrogens is 2. The predicted molar refractivity (Wildman–Crippen MR) is 309 cm³/mol. The highest BCUT2D eigenvalue weighted by Crippen LogP contribution is 2.25. The van der Waals surface area contributed by atoms with Gasteiger partial charge in [0.2, 0.25) is 47.3 Å². The second-order valence-electron chi connectivity index (χ2n) is 19.2. The Labute approximate surface area is 477 Å². The fraction of sp³-hybridized carbons (Fsp3) is 0.389. The molecular weight excluding hydrogens is 1170 g/mol. The van der Waals surface area contributed by atoms with Crippen LogP contribution in [0.5, 0.6) is 0 Å². The first-order valence-electron chi connectivity index (χ1n) is 25.4. The monoisotopic (exact) mass is 1230 g/mol. The zero-order chi connectivity index (χ0) is 56.3. The van der Waals surface area contributed by atoms with Gasteiger partial charge in [0.15, 0.2) is 0 Å². The first-order valence-corrected chi connectivity index (χ1v) is 29.5. The minimum Gasteiger partial charge on any atom is -0.368 e. The van der Waals surface area contributed by atoms with E-state index >= 15 is 0 Å². The summed E-state index contributed by atoms with van der Waals surface area (Å²) in [5, 5.41) is 20.4. The summed E-state index contributed by atoms with van der Waals surface area (Å²) in [5.41, 5.74) is 21.6. The number of nitrogens with one attached hydrogen (secondary N) is 8. The van der Waals surface area contributed by atoms with E-state index in [1.165, 1.54) is 6.20 Å². The molecule has 24 heteroatoms. The van der Waals surface area contributed by atoms with Crippen molar-refractivity contribution in [3.63, 3.8) is 0 Å². The van der Waals surface area contributed by atoms with E-state index in [1.807, 2.05) is 48.5 Å². The van der Waals surface area contributed by atoms with Crippen molar-refractivity contribution in [2.75, 3.05) is 18.1 Å². The summed E-state index contributed by atoms with van der Waals surface area (Å²) < 4.78 is 1.63. The second-order valence-corrected chi connectivity index (χ2v) is 23.6. The third kappa shape index (κ3) is 18.4. The van der Waals surface area contributed by atoms with Crippen molar-refractivity contribution in [3.05, 3.63) is 135 Å². The van der Waals surface area contributed by atoms with Crippen LogP contribution < -0.4 is 54.4 Å². The molecule has 14 N–H and O–H groups in total. The molecule has 8 atom stereocenters. The molecule has 0 spiro atoms. The van der Waals surface area contributed by atoms with Gasteiger partial charge in [0.25, 0.3) is 0 Å². The molecular formula is C54H66Br2N12O8S2. The highest BCUT2D eigenvalue weighted by molar-refractivity contribution is 9.10. The Morgan fingerprint density at radius 2 is 1.32 bits per heavy atom. The third-order valence-electron chi connectivity index (χ3n) is 12.9. The third-order valence-corrected chi connectivity index (χ3v) is 16.4. The number of carbonyl (C=O) groups is 8. The van der Waals surface area contributed by atoms with Crippen LogP contribution in [0.1, 0.15) is 55.4 Å². The number of aromatic amines is 1. The summed E-state index contributed by atoms with van der Waals surface area (Å²) in [4.78, 5) is 122. The molecule has 6 rings (SSSR count). The number of pyridine rings is 1. The second kappa shape index (κ2) is 30.2. The summed E-state index contributed by atoms with van der Waals surface area (Å²) in [7, 11) is 2.15. The number of hydrogen-bond donors (Lipinski definition) is 11. The Kier molecular flexibility index (Phi) is 23.6. The number of amides is 8. The number of carbonyl (C=O) groups excluding carboxylic acids is 8. The topological polar surface area (TPSA) is 328 Å². The molecule has 0 unspecified atom stereocenters. The maximum Gasteiger partial charge on any atom is 0.244 e. The van der Waals surface area contributed by atoms with Gasteiger partial charge in [0, 0.05) is 69.2 Å². The van der Waals surface area contributed by atoms with Gasteiger partial charge < -0.3 is 59.4 Å². The first kappa shape index (κ1) is 60.9. The Hall–Kier alpha value is -6.31. The molecule has 1 aliphatic rings. The van der Waals surface area contributed by atoms with Gasteiger partial charge in [0.1, 0.15) is 42.3 Å². The normalized spacial score (nSPS) is 21.0. The summed E-state index contributed by atoms with van der Waals surface area (Å²) in [6.07, 6.45) is 5.81. The minimum atomic E-state index is -1.36. The standard InChI is InChI=1S/C54H66Br2N12O8S2/c1-30(2)46-54(76)67-45(52(74)63-41(47(59)69)23-32-14-18-36(56)19-15-32)29-78-77-28-44(66-48(70)38(58)22-31-12-16-35(55)17-13-31)53(75)64-42(24-33-8-7-21-60-26-33)50(72)65-43(25-34-27-61-39-10-4-3-9-37(34)39)51(73)62-40(49(71)68-46)11-5-6-20-57/h3-4,7-10,12-19,21,26-27,30,38,40-46,61H,5-6,11,20,22-25,28-29,57-58H2,1-2H3,(H2,59,69)(H,62,73)(H,63,74)(H,64,75)(H,65,72)(H,66,70)(H,67,76)(H,68,71)/t38-,40-,41-,42-,43+,44+,45-,46-/m0/s1. The predicted octanol–water partition coefficient (Wildman–Crippen LogP) is 2.74. The van der Waals surface area contributed by atoms with Crippen LogP contribution in [0.2, 0.25) is 0 Å². The maximum absolute atomic E-state index is 14.8. The molecule has 0 saturated carbocycles. The summed E-state index contributed by atoms with van der Waals surface area (Å²) in [6, 6.07) is 14.9. The van der Waals surface area contributed by atoms with Crippen molar-refractivity contribution in [2.24, 2.45) is 23.1 Å². The van der Waals surface area contributed by atoms with Crippen molar-refractivity contribution in [2.45, 2.75) is 107 Å². The fourth-order valence-corrected chi connectivity index (χ4v) is 11.4. The molecule has 3 aromatic carbocycles. The molecule has 0 bridgehead atoms. The van der Waals surface area contributed by atoms with Gasteiger partial charge in [-0.2, -0.15) is 0 Å². The average molecular weight is 1240 g/mol. The number of halogens is 2. The van der Waals surface area contributed by atoms with Crippen molar-refractivity contribution < 1.29 is 38.4 Å². The SMILES string of the molecule is CC(C)[C@@H]1NC(=O)[C@H](CCCCN)NC(=O)[C@@H](Cc2c[nH]c3ccccc23)NC(=O)[C@H](Cc2cccnc2)NC(=O)[C@H](NC(=O)[C@@H](N)Cc2ccc(Br)cc2)CSSC[C@@H](C(=O)N[C@@H](Cc2ccc(Br)cc2)C(N)=O)NC1=O. The maximum atomic E-state index is 14.8. The van der Waals surface area contributed by atoms with E-state index in [2.05, 4.69) is 79.0 Å². The molecule has 20 nitrogen and oxygen atoms in total. The zero-order valence-electron chi connectivity index (χ0n) is 43.1. The number of nitrogens with two attached hydrogens (primary N) is 3. The number of benzene rings is 3. The van der Waals surface area contributed by atoms with Crippen LogP contribution in [0.3, 0.4) is 0 Å². The average Bonchev–Trinajstić information content (AvgIpc) is 3.88. The van der Waals surface area contributed by atoms with Crippen LogP contribution in [0, 0.1) is 5.92 Å². The van der Waals surface area contributed by atoms with E-state index in [1.54, 1.807) is 62.6 Å². The largest absolute Gasteiger partial charge is 0.368 e. The van der Waals surface area contributed by atoms with Gasteiger partial charge in [-0.3, -0.25) is 43.3 Å². The number of unbranched alkanes of at least 4 members (excludes halogenated alkanes) is 1. The molecule has 2 aromatic heterocycles. The lowest BCUT2D eigenvalue weighted by molar-refractivity contribution is -0.136. The van der Waals surface area contributed by atoms with Crippen LogP contribution in [0.25, 0.3) is 10.9 Å². The smallest absolute Gasteiger partial charge is 0.244 e. The number of para-hydroxylation sites is 1. The molecule has 1 fully saturated rings. The zero-order valence-corrected chi connectivity index (χ0v) is 47.9. The van der Waals surface area contributed by atoms with Gasteiger partial charge in [-0.25, -0.2) is 0 Å². The number of H-pyrrole nitrogens is 1. The van der Waals surface area contributed by atoms with Gasteiger partial charge >= 0.3 is 0 Å². The highest BCUT2D eigenvalue weighted by atomic mass is 79.9. The van der Waals surface area contributed by atoms with Crippen molar-refractivity contribution in [1.82, 2.24) is 47.2 Å². The van der Waals surface area contributed by atoms with Crippen LogP contribution in [0.4, 0.5) is 0 Å². The van der Waals surface area contributed by atoms with Gasteiger partial charge in [-0.1, -0.05) is 116 Å². The van der Waals surface area contributed by atoms with E-state index in [-0.39, 0.29) is 43.6 Å². The van der Waals surface area contributed by atoms with Crippen molar-refractivity contribution in [1.29, 1.82) is 0 Å². The van der Waals surface area contributed by atoms with E-state index < -0.39 is 102 Å². The molecule has 8 amide bonds. The summed E-state index contributed by atoms with van der Waals surface area (Å²) >= 11 is 6.81. The molecule has 1 saturated heterocycles. The van der Waals surface area contributed by atoms with Crippen LogP contribution in [-0.2, 0) is 64.0 Å². The Morgan fingerprint density at radius 1 is 0.705 bits per heavy atom. The quantitative estimate of drug-likeness (QED) is 0.0445. The first-order chi connectivity index (χ1) is 37.4. The van der Waals surface area contributed by atoms with Gasteiger partial charge in [0.05, 0.1) is 6.04 Å². The van der Waals surface area contributed by atoms with E-state index in [0.717, 1.165) is 47.0 Å². The fourth-order valence-electron chi connectivity index (χ4n) is 8.52. The van der Waals surface area contributed by atoms with Crippen molar-refractivity contribution >= 4 is 112 Å².